The summed E-state index contributed by atoms with van der Waals surface area (Å²) >= 11 is 12.4. The Bertz CT molecular complexity index is 632. The Morgan fingerprint density at radius 3 is 2.19 bits per heavy atom. The van der Waals surface area contributed by atoms with E-state index in [1.54, 1.807) is 13.2 Å². The molecule has 2 aromatic rings. The highest BCUT2D eigenvalue weighted by Gasteiger charge is 2.18. The number of aryl methyl sites for hydroxylation is 2. The number of benzene rings is 2. The van der Waals surface area contributed by atoms with E-state index in [-0.39, 0.29) is 6.04 Å². The summed E-state index contributed by atoms with van der Waals surface area (Å²) in [6.07, 6.45) is 0. The molecule has 0 aliphatic carbocycles. The second-order valence-electron chi connectivity index (χ2n) is 5.08. The lowest BCUT2D eigenvalue weighted by atomic mass is 9.95. The molecule has 0 aromatic heterocycles. The highest BCUT2D eigenvalue weighted by atomic mass is 35.5. The summed E-state index contributed by atoms with van der Waals surface area (Å²) < 4.78 is 5.43. The van der Waals surface area contributed by atoms with Gasteiger partial charge in [0.25, 0.3) is 0 Å². The van der Waals surface area contributed by atoms with Crippen LogP contribution >= 0.6 is 23.2 Å². The van der Waals surface area contributed by atoms with Crippen LogP contribution in [0.15, 0.2) is 30.3 Å². The first kappa shape index (κ1) is 16.2. The fourth-order valence-electron chi connectivity index (χ4n) is 2.71. The van der Waals surface area contributed by atoms with Gasteiger partial charge in [0.05, 0.1) is 13.2 Å². The van der Waals surface area contributed by atoms with Crippen molar-refractivity contribution in [1.82, 2.24) is 5.32 Å². The van der Waals surface area contributed by atoms with E-state index in [2.05, 4.69) is 17.4 Å². The number of ether oxygens (including phenoxy) is 1. The summed E-state index contributed by atoms with van der Waals surface area (Å²) in [5.41, 5.74) is 4.31. The molecule has 1 unspecified atom stereocenters. The van der Waals surface area contributed by atoms with Crippen molar-refractivity contribution in [3.8, 4) is 5.75 Å². The van der Waals surface area contributed by atoms with Gasteiger partial charge >= 0.3 is 0 Å². The van der Waals surface area contributed by atoms with Gasteiger partial charge in [-0.3, -0.25) is 0 Å². The smallest absolute Gasteiger partial charge is 0.124 e. The van der Waals surface area contributed by atoms with Crippen molar-refractivity contribution >= 4 is 23.2 Å². The third kappa shape index (κ3) is 3.34. The minimum atomic E-state index is -0.0143. The van der Waals surface area contributed by atoms with Gasteiger partial charge in [-0.05, 0) is 61.3 Å². The summed E-state index contributed by atoms with van der Waals surface area (Å²) in [5.74, 6) is 0.922. The van der Waals surface area contributed by atoms with Crippen LogP contribution in [-0.4, -0.2) is 14.2 Å². The largest absolute Gasteiger partial charge is 0.496 e. The van der Waals surface area contributed by atoms with E-state index < -0.39 is 0 Å². The lowest BCUT2D eigenvalue weighted by Crippen LogP contribution is -2.18. The number of rotatable bonds is 4. The van der Waals surface area contributed by atoms with Gasteiger partial charge in [0, 0.05) is 10.0 Å². The molecule has 1 atom stereocenters. The van der Waals surface area contributed by atoms with Crippen molar-refractivity contribution in [1.29, 1.82) is 0 Å². The lowest BCUT2D eigenvalue weighted by Gasteiger charge is -2.21. The third-order valence-electron chi connectivity index (χ3n) is 3.58. The Morgan fingerprint density at radius 1 is 1.05 bits per heavy atom. The molecule has 0 saturated heterocycles. The van der Waals surface area contributed by atoms with E-state index in [1.165, 1.54) is 0 Å². The van der Waals surface area contributed by atoms with Crippen LogP contribution in [0, 0.1) is 13.8 Å². The molecule has 2 aromatic carbocycles. The Labute approximate surface area is 136 Å². The lowest BCUT2D eigenvalue weighted by molar-refractivity contribution is 0.408. The maximum Gasteiger partial charge on any atom is 0.124 e. The standard InChI is InChI=1S/C17H19Cl2NO/c1-10-7-12(8-11(2)17(10)21-4)16(20-3)14-9-13(18)5-6-15(14)19/h5-9,16,20H,1-4H3. The first-order chi connectivity index (χ1) is 9.97. The zero-order valence-corrected chi connectivity index (χ0v) is 14.1. The van der Waals surface area contributed by atoms with E-state index in [9.17, 15) is 0 Å². The van der Waals surface area contributed by atoms with Gasteiger partial charge in [-0.25, -0.2) is 0 Å². The maximum atomic E-state index is 6.33. The van der Waals surface area contributed by atoms with E-state index in [0.29, 0.717) is 10.0 Å². The van der Waals surface area contributed by atoms with Crippen LogP contribution in [0.3, 0.4) is 0 Å². The molecule has 112 valence electrons. The molecule has 0 aliphatic heterocycles. The van der Waals surface area contributed by atoms with Crippen molar-refractivity contribution in [3.05, 3.63) is 62.6 Å². The van der Waals surface area contributed by atoms with Crippen LogP contribution in [0.1, 0.15) is 28.3 Å². The number of hydrogen-bond donors (Lipinski definition) is 1. The molecule has 2 nitrogen and oxygen atoms in total. The second-order valence-corrected chi connectivity index (χ2v) is 5.92. The molecule has 0 aliphatic rings. The average molecular weight is 324 g/mol. The minimum absolute atomic E-state index is 0.0143. The minimum Gasteiger partial charge on any atom is -0.496 e. The number of nitrogens with one attached hydrogen (secondary N) is 1. The Hall–Kier alpha value is -1.22. The highest BCUT2D eigenvalue weighted by molar-refractivity contribution is 6.33. The molecule has 0 spiro atoms. The van der Waals surface area contributed by atoms with Crippen LogP contribution in [0.4, 0.5) is 0 Å². The fraction of sp³-hybridized carbons (Fsp3) is 0.294. The van der Waals surface area contributed by atoms with Crippen LogP contribution in [0.25, 0.3) is 0 Å². The van der Waals surface area contributed by atoms with E-state index >= 15 is 0 Å². The Balaban J connectivity index is 2.54. The molecule has 21 heavy (non-hydrogen) atoms. The third-order valence-corrected chi connectivity index (χ3v) is 4.16. The molecular weight excluding hydrogens is 305 g/mol. The fourth-order valence-corrected chi connectivity index (χ4v) is 3.12. The van der Waals surface area contributed by atoms with E-state index in [1.807, 2.05) is 33.0 Å². The summed E-state index contributed by atoms with van der Waals surface area (Å²) in [6.45, 7) is 4.09. The molecule has 0 radical (unpaired) electrons. The summed E-state index contributed by atoms with van der Waals surface area (Å²) in [6, 6.07) is 9.74. The predicted octanol–water partition coefficient (Wildman–Crippen LogP) is 4.93. The highest BCUT2D eigenvalue weighted by Crippen LogP contribution is 2.33. The van der Waals surface area contributed by atoms with Crippen LogP contribution in [0.2, 0.25) is 10.0 Å². The topological polar surface area (TPSA) is 21.3 Å². The predicted molar refractivity (Wildman–Crippen MR) is 89.8 cm³/mol. The molecule has 1 N–H and O–H groups in total. The second kappa shape index (κ2) is 6.69. The normalized spacial score (nSPS) is 12.3. The van der Waals surface area contributed by atoms with Gasteiger partial charge in [0.2, 0.25) is 0 Å². The Kier molecular flexibility index (Phi) is 5.15. The van der Waals surface area contributed by atoms with Crippen molar-refractivity contribution in [2.45, 2.75) is 19.9 Å². The number of methoxy groups -OCH3 is 1. The van der Waals surface area contributed by atoms with E-state index in [0.717, 1.165) is 28.0 Å². The SMILES string of the molecule is CNC(c1cc(C)c(OC)c(C)c1)c1cc(Cl)ccc1Cl. The summed E-state index contributed by atoms with van der Waals surface area (Å²) in [4.78, 5) is 0. The van der Waals surface area contributed by atoms with Crippen LogP contribution in [-0.2, 0) is 0 Å². The number of hydrogen-bond acceptors (Lipinski definition) is 2. The van der Waals surface area contributed by atoms with Crippen molar-refractivity contribution in [3.63, 3.8) is 0 Å². The van der Waals surface area contributed by atoms with Gasteiger partial charge in [-0.15, -0.1) is 0 Å². The molecule has 0 fully saturated rings. The van der Waals surface area contributed by atoms with Gasteiger partial charge in [-0.1, -0.05) is 35.3 Å². The molecule has 2 rings (SSSR count). The van der Waals surface area contributed by atoms with Crippen LogP contribution < -0.4 is 10.1 Å². The molecule has 0 amide bonds. The van der Waals surface area contributed by atoms with Gasteiger partial charge < -0.3 is 10.1 Å². The maximum absolute atomic E-state index is 6.33. The summed E-state index contributed by atoms with van der Waals surface area (Å²) in [5, 5.41) is 4.69. The zero-order chi connectivity index (χ0) is 15.6. The van der Waals surface area contributed by atoms with Gasteiger partial charge in [0.15, 0.2) is 0 Å². The van der Waals surface area contributed by atoms with Crippen molar-refractivity contribution in [2.75, 3.05) is 14.2 Å². The van der Waals surface area contributed by atoms with Gasteiger partial charge in [-0.2, -0.15) is 0 Å². The van der Waals surface area contributed by atoms with Gasteiger partial charge in [0.1, 0.15) is 5.75 Å². The zero-order valence-electron chi connectivity index (χ0n) is 12.6. The molecule has 4 heteroatoms. The monoisotopic (exact) mass is 323 g/mol. The van der Waals surface area contributed by atoms with E-state index in [4.69, 9.17) is 27.9 Å². The van der Waals surface area contributed by atoms with Crippen molar-refractivity contribution in [2.24, 2.45) is 0 Å². The molecule has 0 saturated carbocycles. The summed E-state index contributed by atoms with van der Waals surface area (Å²) in [7, 11) is 3.61. The van der Waals surface area contributed by atoms with Crippen LogP contribution in [0.5, 0.6) is 5.75 Å². The first-order valence-electron chi connectivity index (χ1n) is 6.75. The number of halogens is 2. The Morgan fingerprint density at radius 2 is 1.67 bits per heavy atom. The molecular formula is C17H19Cl2NO. The first-order valence-corrected chi connectivity index (χ1v) is 7.51. The van der Waals surface area contributed by atoms with Crippen molar-refractivity contribution < 1.29 is 4.74 Å². The average Bonchev–Trinajstić information content (AvgIpc) is 2.43. The quantitative estimate of drug-likeness (QED) is 0.861. The molecule has 0 bridgehead atoms. The molecule has 0 heterocycles.